The number of nitrogen functional groups attached to an aromatic ring is 1. The molecule has 1 aliphatic rings. The summed E-state index contributed by atoms with van der Waals surface area (Å²) in [5.41, 5.74) is 8.60. The Hall–Kier alpha value is -5.85. The molecule has 1 fully saturated rings. The summed E-state index contributed by atoms with van der Waals surface area (Å²) in [5.74, 6) is -2.02. The largest absolute Gasteiger partial charge is 0.485 e. The molecule has 5 aromatic rings. The first-order chi connectivity index (χ1) is 24.7. The average molecular weight is 708 g/mol. The van der Waals surface area contributed by atoms with Crippen LogP contribution in [0.3, 0.4) is 0 Å². The van der Waals surface area contributed by atoms with Gasteiger partial charge in [0, 0.05) is 30.9 Å². The number of nitrogens with one attached hydrogen (secondary N) is 1. The molecule has 0 spiro atoms. The van der Waals surface area contributed by atoms with Gasteiger partial charge < -0.3 is 35.3 Å². The van der Waals surface area contributed by atoms with Gasteiger partial charge >= 0.3 is 5.97 Å². The second-order valence-corrected chi connectivity index (χ2v) is 14.1. The van der Waals surface area contributed by atoms with Gasteiger partial charge in [-0.1, -0.05) is 91.0 Å². The lowest BCUT2D eigenvalue weighted by atomic mass is 10.1. The van der Waals surface area contributed by atoms with Crippen molar-refractivity contribution in [1.29, 1.82) is 0 Å². The van der Waals surface area contributed by atoms with E-state index in [1.54, 1.807) is 0 Å². The number of hydrogen-bond acceptors (Lipinski definition) is 9. The van der Waals surface area contributed by atoms with Crippen molar-refractivity contribution in [2.75, 3.05) is 25.4 Å². The molecule has 1 atom stereocenters. The number of ether oxygens (including phenoxy) is 3. The molecule has 1 heterocycles. The predicted octanol–water partition coefficient (Wildman–Crippen LogP) is 5.31. The van der Waals surface area contributed by atoms with Crippen LogP contribution in [0.5, 0.6) is 17.2 Å². The zero-order valence-electron chi connectivity index (χ0n) is 27.6. The van der Waals surface area contributed by atoms with E-state index in [9.17, 15) is 23.1 Å². The molecule has 12 heteroatoms. The van der Waals surface area contributed by atoms with Gasteiger partial charge in [0.1, 0.15) is 19.8 Å². The lowest BCUT2D eigenvalue weighted by Gasteiger charge is -2.43. The van der Waals surface area contributed by atoms with Crippen molar-refractivity contribution in [2.24, 2.45) is 0 Å². The fourth-order valence-electron chi connectivity index (χ4n) is 5.79. The standard InChI is InChI=1S/C39H37N3O8S/c40-32-16-18-33(19-17-32)51(46,47)39(38(44)45)27-41-20-21-42(39)37(43)31-22-34(48-24-28-10-4-1-5-11-28)36(50-26-30-14-8-3-9-15-30)35(23-31)49-25-29-12-6-2-7-13-29/h1-19,22-23,41H,20-21,24-27,40H2,(H,44,45). The quantitative estimate of drug-likeness (QED) is 0.137. The SMILES string of the molecule is Nc1ccc(S(=O)(=O)C2(C(=O)O)CNCCN2C(=O)c2cc(OCc3ccccc3)c(OCc3ccccc3)c(OCc3ccccc3)c2)cc1. The van der Waals surface area contributed by atoms with Gasteiger partial charge in [-0.15, -0.1) is 0 Å². The molecule has 11 nitrogen and oxygen atoms in total. The Balaban J connectivity index is 1.45. The fraction of sp³-hybridized carbons (Fsp3) is 0.179. The number of carbonyl (C=O) groups is 2. The molecule has 51 heavy (non-hydrogen) atoms. The number of rotatable bonds is 13. The molecular weight excluding hydrogens is 671 g/mol. The minimum absolute atomic E-state index is 0.0479. The summed E-state index contributed by atoms with van der Waals surface area (Å²) in [6, 6.07) is 36.4. The number of aliphatic carboxylic acids is 1. The summed E-state index contributed by atoms with van der Waals surface area (Å²) in [6.45, 7) is -0.241. The molecule has 0 bridgehead atoms. The Bertz CT molecular complexity index is 2020. The number of nitrogens with two attached hydrogens (primary N) is 1. The summed E-state index contributed by atoms with van der Waals surface area (Å²) in [4.78, 5) is 25.6. The Morgan fingerprint density at radius 2 is 1.20 bits per heavy atom. The number of amides is 1. The van der Waals surface area contributed by atoms with Gasteiger partial charge in [-0.3, -0.25) is 4.79 Å². The van der Waals surface area contributed by atoms with E-state index < -0.39 is 33.1 Å². The molecule has 5 aromatic carbocycles. The third-order valence-corrected chi connectivity index (χ3v) is 10.8. The predicted molar refractivity (Wildman–Crippen MR) is 191 cm³/mol. The van der Waals surface area contributed by atoms with Gasteiger partial charge in [0.2, 0.25) is 15.6 Å². The highest BCUT2D eigenvalue weighted by Gasteiger charge is 2.59. The van der Waals surface area contributed by atoms with Gasteiger partial charge in [0.25, 0.3) is 10.8 Å². The lowest BCUT2D eigenvalue weighted by molar-refractivity contribution is -0.145. The van der Waals surface area contributed by atoms with Crippen LogP contribution in [0.1, 0.15) is 27.0 Å². The maximum absolute atomic E-state index is 14.6. The molecule has 1 unspecified atom stereocenters. The van der Waals surface area contributed by atoms with Crippen LogP contribution in [0.2, 0.25) is 0 Å². The van der Waals surface area contributed by atoms with Gasteiger partial charge in [-0.25, -0.2) is 13.2 Å². The van der Waals surface area contributed by atoms with Crippen molar-refractivity contribution in [3.8, 4) is 17.2 Å². The van der Waals surface area contributed by atoms with Crippen molar-refractivity contribution in [3.05, 3.63) is 150 Å². The van der Waals surface area contributed by atoms with Crippen LogP contribution in [0, 0.1) is 0 Å². The van der Waals surface area contributed by atoms with E-state index in [2.05, 4.69) is 5.32 Å². The third kappa shape index (κ3) is 7.52. The van der Waals surface area contributed by atoms with Crippen LogP contribution in [0.25, 0.3) is 0 Å². The second-order valence-electron chi connectivity index (χ2n) is 11.9. The molecule has 6 rings (SSSR count). The molecule has 0 aromatic heterocycles. The number of benzene rings is 5. The first-order valence-corrected chi connectivity index (χ1v) is 17.7. The molecule has 0 radical (unpaired) electrons. The van der Waals surface area contributed by atoms with Crippen LogP contribution >= 0.6 is 0 Å². The average Bonchev–Trinajstić information content (AvgIpc) is 3.16. The van der Waals surface area contributed by atoms with Gasteiger partial charge in [0.05, 0.1) is 4.90 Å². The number of carboxylic acid groups (broad SMARTS) is 1. The highest BCUT2D eigenvalue weighted by atomic mass is 32.2. The molecular formula is C39H37N3O8S. The van der Waals surface area contributed by atoms with E-state index in [0.717, 1.165) is 21.6 Å². The molecule has 0 saturated carbocycles. The number of anilines is 1. The molecule has 1 amide bonds. The smallest absolute Gasteiger partial charge is 0.347 e. The second kappa shape index (κ2) is 15.4. The zero-order valence-corrected chi connectivity index (χ0v) is 28.4. The van der Waals surface area contributed by atoms with E-state index >= 15 is 0 Å². The van der Waals surface area contributed by atoms with E-state index in [4.69, 9.17) is 19.9 Å². The number of sulfone groups is 1. The van der Waals surface area contributed by atoms with Crippen LogP contribution in [0.15, 0.2) is 132 Å². The van der Waals surface area contributed by atoms with Crippen molar-refractivity contribution >= 4 is 27.4 Å². The van der Waals surface area contributed by atoms with E-state index in [0.29, 0.717) is 5.69 Å². The molecule has 1 aliphatic heterocycles. The maximum atomic E-state index is 14.6. The lowest BCUT2D eigenvalue weighted by Crippen LogP contribution is -2.70. The Morgan fingerprint density at radius 3 is 1.67 bits per heavy atom. The maximum Gasteiger partial charge on any atom is 0.347 e. The topological polar surface area (TPSA) is 157 Å². The number of carboxylic acids is 1. The summed E-state index contributed by atoms with van der Waals surface area (Å²) in [7, 11) is -4.70. The third-order valence-electron chi connectivity index (χ3n) is 8.50. The number of hydrogen-bond donors (Lipinski definition) is 3. The zero-order chi connectivity index (χ0) is 35.8. The normalized spacial score (nSPS) is 15.9. The Morgan fingerprint density at radius 1 is 0.725 bits per heavy atom. The van der Waals surface area contributed by atoms with E-state index in [-0.39, 0.29) is 60.6 Å². The highest BCUT2D eigenvalue weighted by Crippen LogP contribution is 2.42. The molecule has 262 valence electrons. The summed E-state index contributed by atoms with van der Waals surface area (Å²) in [6.07, 6.45) is 0. The molecule has 4 N–H and O–H groups in total. The van der Waals surface area contributed by atoms with Crippen LogP contribution < -0.4 is 25.3 Å². The van der Waals surface area contributed by atoms with Crippen LogP contribution in [0.4, 0.5) is 5.69 Å². The first kappa shape index (κ1) is 35.0. The van der Waals surface area contributed by atoms with Crippen molar-refractivity contribution in [2.45, 2.75) is 29.6 Å². The van der Waals surface area contributed by atoms with E-state index in [1.807, 2.05) is 91.0 Å². The number of carbonyl (C=O) groups excluding carboxylic acids is 1. The fourth-order valence-corrected chi connectivity index (χ4v) is 7.66. The van der Waals surface area contributed by atoms with Crippen molar-refractivity contribution in [1.82, 2.24) is 10.2 Å². The summed E-state index contributed by atoms with van der Waals surface area (Å²) < 4.78 is 47.3. The van der Waals surface area contributed by atoms with E-state index in [1.165, 1.54) is 36.4 Å². The summed E-state index contributed by atoms with van der Waals surface area (Å²) >= 11 is 0. The summed E-state index contributed by atoms with van der Waals surface area (Å²) in [5, 5.41) is 13.5. The minimum Gasteiger partial charge on any atom is -0.485 e. The van der Waals surface area contributed by atoms with Crippen LogP contribution in [-0.2, 0) is 34.5 Å². The monoisotopic (exact) mass is 707 g/mol. The van der Waals surface area contributed by atoms with Gasteiger partial charge in [-0.2, -0.15) is 0 Å². The number of nitrogens with zero attached hydrogens (tertiary/aromatic N) is 1. The Kier molecular flexibility index (Phi) is 10.5. The van der Waals surface area contributed by atoms with Crippen LogP contribution in [-0.4, -0.2) is 54.8 Å². The molecule has 1 saturated heterocycles. The highest BCUT2D eigenvalue weighted by molar-refractivity contribution is 7.93. The minimum atomic E-state index is -4.70. The number of piperazine rings is 1. The van der Waals surface area contributed by atoms with Crippen molar-refractivity contribution < 1.29 is 37.3 Å². The van der Waals surface area contributed by atoms with Gasteiger partial charge in [-0.05, 0) is 53.1 Å². The van der Waals surface area contributed by atoms with Crippen molar-refractivity contribution in [3.63, 3.8) is 0 Å². The molecule has 0 aliphatic carbocycles. The van der Waals surface area contributed by atoms with Gasteiger partial charge in [0.15, 0.2) is 11.5 Å². The first-order valence-electron chi connectivity index (χ1n) is 16.2. The Labute approximate surface area is 296 Å².